The van der Waals surface area contributed by atoms with Crippen molar-refractivity contribution >= 4 is 34.9 Å². The van der Waals surface area contributed by atoms with Gasteiger partial charge in [0, 0.05) is 23.6 Å². The smallest absolute Gasteiger partial charge is 0.356 e. The normalized spacial score (nSPS) is 21.7. The van der Waals surface area contributed by atoms with E-state index in [4.69, 9.17) is 21.7 Å². The second kappa shape index (κ2) is 9.11. The molecule has 2 aliphatic rings. The van der Waals surface area contributed by atoms with E-state index in [-0.39, 0.29) is 11.6 Å². The minimum atomic E-state index is -0.384. The van der Waals surface area contributed by atoms with Gasteiger partial charge < -0.3 is 20.1 Å². The molecule has 0 saturated heterocycles. The van der Waals surface area contributed by atoms with Crippen molar-refractivity contribution in [1.82, 2.24) is 10.6 Å². The number of ether oxygens (including phenoxy) is 2. The number of thioether (sulfide) groups is 1. The van der Waals surface area contributed by atoms with Gasteiger partial charge in [0.15, 0.2) is 0 Å². The number of benzene rings is 1. The molecule has 0 fully saturated rings. The van der Waals surface area contributed by atoms with Gasteiger partial charge in [0.1, 0.15) is 10.7 Å². The Morgan fingerprint density at radius 2 is 2.11 bits per heavy atom. The summed E-state index contributed by atoms with van der Waals surface area (Å²) in [7, 11) is 0. The largest absolute Gasteiger partial charge is 0.461 e. The molecule has 1 aromatic rings. The molecule has 2 N–H and O–H groups in total. The van der Waals surface area contributed by atoms with Crippen LogP contribution in [0, 0.1) is 0 Å². The maximum Gasteiger partial charge on any atom is 0.356 e. The first kappa shape index (κ1) is 20.9. The zero-order chi connectivity index (χ0) is 20.1. The summed E-state index contributed by atoms with van der Waals surface area (Å²) in [5, 5.41) is 6.58. The third kappa shape index (κ3) is 4.77. The van der Waals surface area contributed by atoms with Crippen LogP contribution in [0.1, 0.15) is 39.2 Å². The van der Waals surface area contributed by atoms with Gasteiger partial charge in [-0.25, -0.2) is 4.79 Å². The summed E-state index contributed by atoms with van der Waals surface area (Å²) in [5.41, 5.74) is 2.33. The SMILES string of the molecule is CCOC(=O)C1=C(C(=S)NCc2ccccc2)SC2=C(CC(C)(CC)OC2)N1. The lowest BCUT2D eigenvalue weighted by Gasteiger charge is -2.38. The molecule has 5 nitrogen and oxygen atoms in total. The van der Waals surface area contributed by atoms with Crippen LogP contribution in [0.25, 0.3) is 0 Å². The average molecular weight is 419 g/mol. The van der Waals surface area contributed by atoms with Gasteiger partial charge in [0.25, 0.3) is 0 Å². The van der Waals surface area contributed by atoms with Gasteiger partial charge in [-0.15, -0.1) is 0 Å². The van der Waals surface area contributed by atoms with Crippen molar-refractivity contribution in [2.45, 2.75) is 45.8 Å². The lowest BCUT2D eigenvalue weighted by atomic mass is 9.94. The van der Waals surface area contributed by atoms with Crippen molar-refractivity contribution in [1.29, 1.82) is 0 Å². The first-order chi connectivity index (χ1) is 13.5. The van der Waals surface area contributed by atoms with Crippen LogP contribution in [0.4, 0.5) is 0 Å². The van der Waals surface area contributed by atoms with Crippen LogP contribution in [0.5, 0.6) is 0 Å². The Balaban J connectivity index is 1.80. The third-order valence-corrected chi connectivity index (χ3v) is 6.60. The highest BCUT2D eigenvalue weighted by Crippen LogP contribution is 2.42. The quantitative estimate of drug-likeness (QED) is 0.535. The molecule has 2 aliphatic heterocycles. The topological polar surface area (TPSA) is 59.6 Å². The maximum absolute atomic E-state index is 12.6. The molecule has 0 amide bonds. The summed E-state index contributed by atoms with van der Waals surface area (Å²) in [6.07, 6.45) is 1.63. The van der Waals surface area contributed by atoms with E-state index in [1.807, 2.05) is 30.3 Å². The molecule has 28 heavy (non-hydrogen) atoms. The Kier molecular flexibility index (Phi) is 6.80. The van der Waals surface area contributed by atoms with Crippen molar-refractivity contribution in [3.05, 3.63) is 57.1 Å². The van der Waals surface area contributed by atoms with Crippen molar-refractivity contribution in [2.75, 3.05) is 13.2 Å². The number of rotatable bonds is 6. The van der Waals surface area contributed by atoms with E-state index >= 15 is 0 Å². The van der Waals surface area contributed by atoms with Crippen LogP contribution in [0.3, 0.4) is 0 Å². The second-order valence-electron chi connectivity index (χ2n) is 6.99. The summed E-state index contributed by atoms with van der Waals surface area (Å²) in [6, 6.07) is 10.0. The van der Waals surface area contributed by atoms with Crippen LogP contribution in [-0.2, 0) is 20.8 Å². The Bertz CT molecular complexity index is 820. The number of carbonyl (C=O) groups is 1. The first-order valence-corrected chi connectivity index (χ1v) is 10.7. The van der Waals surface area contributed by atoms with Crippen LogP contribution in [0.15, 0.2) is 51.5 Å². The summed E-state index contributed by atoms with van der Waals surface area (Å²) in [6.45, 7) is 7.42. The molecular formula is C21H26N2O3S2. The minimum Gasteiger partial charge on any atom is -0.461 e. The summed E-state index contributed by atoms with van der Waals surface area (Å²) in [5.74, 6) is -0.384. The molecule has 0 saturated carbocycles. The van der Waals surface area contributed by atoms with E-state index in [9.17, 15) is 4.79 Å². The van der Waals surface area contributed by atoms with E-state index in [2.05, 4.69) is 24.5 Å². The molecule has 1 atom stereocenters. The maximum atomic E-state index is 12.6. The van der Waals surface area contributed by atoms with Gasteiger partial charge in [-0.05, 0) is 25.8 Å². The second-order valence-corrected chi connectivity index (χ2v) is 8.50. The summed E-state index contributed by atoms with van der Waals surface area (Å²) in [4.78, 5) is 14.9. The van der Waals surface area contributed by atoms with Gasteiger partial charge in [-0.1, -0.05) is 61.2 Å². The molecule has 2 heterocycles. The highest BCUT2D eigenvalue weighted by Gasteiger charge is 2.36. The average Bonchev–Trinajstić information content (AvgIpc) is 2.72. The van der Waals surface area contributed by atoms with Crippen LogP contribution >= 0.6 is 24.0 Å². The number of hydrogen-bond acceptors (Lipinski definition) is 6. The standard InChI is InChI=1S/C21H26N2O3S2/c1-4-21(3)11-15-16(13-26-21)28-18(17(23-15)20(24)25-5-2)19(27)22-12-14-9-7-6-8-10-14/h6-10,23H,4-5,11-13H2,1-3H3,(H,22,27). The van der Waals surface area contributed by atoms with Crippen molar-refractivity contribution in [3.8, 4) is 0 Å². The van der Waals surface area contributed by atoms with Gasteiger partial charge in [0.05, 0.1) is 23.7 Å². The molecule has 1 unspecified atom stereocenters. The predicted molar refractivity (Wildman–Crippen MR) is 117 cm³/mol. The zero-order valence-electron chi connectivity index (χ0n) is 16.5. The van der Waals surface area contributed by atoms with E-state index < -0.39 is 0 Å². The van der Waals surface area contributed by atoms with E-state index in [0.717, 1.165) is 29.0 Å². The van der Waals surface area contributed by atoms with Crippen LogP contribution < -0.4 is 10.6 Å². The molecule has 0 aromatic heterocycles. The Morgan fingerprint density at radius 1 is 1.36 bits per heavy atom. The summed E-state index contributed by atoms with van der Waals surface area (Å²) >= 11 is 7.11. The minimum absolute atomic E-state index is 0.226. The molecule has 0 radical (unpaired) electrons. The van der Waals surface area contributed by atoms with Crippen molar-refractivity contribution in [3.63, 3.8) is 0 Å². The number of hydrogen-bond donors (Lipinski definition) is 2. The monoisotopic (exact) mass is 418 g/mol. The predicted octanol–water partition coefficient (Wildman–Crippen LogP) is 4.02. The van der Waals surface area contributed by atoms with E-state index in [1.165, 1.54) is 11.8 Å². The van der Waals surface area contributed by atoms with Crippen LogP contribution in [-0.4, -0.2) is 29.8 Å². The van der Waals surface area contributed by atoms with E-state index in [0.29, 0.717) is 35.3 Å². The molecular weight excluding hydrogens is 392 g/mol. The number of carbonyl (C=O) groups excluding carboxylic acids is 1. The van der Waals surface area contributed by atoms with Gasteiger partial charge >= 0.3 is 5.97 Å². The Labute approximate surface area is 175 Å². The lowest BCUT2D eigenvalue weighted by Crippen LogP contribution is -2.40. The highest BCUT2D eigenvalue weighted by molar-refractivity contribution is 8.08. The molecule has 0 bridgehead atoms. The van der Waals surface area contributed by atoms with Crippen molar-refractivity contribution in [2.24, 2.45) is 0 Å². The zero-order valence-corrected chi connectivity index (χ0v) is 18.1. The van der Waals surface area contributed by atoms with Gasteiger partial charge in [-0.3, -0.25) is 0 Å². The molecule has 0 aliphatic carbocycles. The molecule has 7 heteroatoms. The van der Waals surface area contributed by atoms with Crippen LogP contribution in [0.2, 0.25) is 0 Å². The molecule has 1 aromatic carbocycles. The first-order valence-electron chi connectivity index (χ1n) is 9.50. The van der Waals surface area contributed by atoms with Crippen molar-refractivity contribution < 1.29 is 14.3 Å². The molecule has 0 spiro atoms. The number of nitrogens with one attached hydrogen (secondary N) is 2. The Morgan fingerprint density at radius 3 is 2.79 bits per heavy atom. The number of esters is 1. The van der Waals surface area contributed by atoms with Gasteiger partial charge in [0.2, 0.25) is 0 Å². The number of thiocarbonyl (C=S) groups is 1. The van der Waals surface area contributed by atoms with Gasteiger partial charge in [-0.2, -0.15) is 0 Å². The highest BCUT2D eigenvalue weighted by atomic mass is 32.2. The fourth-order valence-corrected chi connectivity index (χ4v) is 4.34. The molecule has 150 valence electrons. The molecule has 3 rings (SSSR count). The fourth-order valence-electron chi connectivity index (χ4n) is 3.03. The fraction of sp³-hybridized carbons (Fsp3) is 0.429. The third-order valence-electron chi connectivity index (χ3n) is 4.90. The summed E-state index contributed by atoms with van der Waals surface area (Å²) < 4.78 is 11.3. The lowest BCUT2D eigenvalue weighted by molar-refractivity contribution is -0.138. The Hall–Kier alpha value is -1.83. The van der Waals surface area contributed by atoms with E-state index in [1.54, 1.807) is 6.92 Å².